The molecule has 0 fully saturated rings. The van der Waals surface area contributed by atoms with Crippen LogP contribution in [0.5, 0.6) is 5.75 Å². The van der Waals surface area contributed by atoms with Crippen molar-refractivity contribution in [3.05, 3.63) is 42.0 Å². The molecule has 9 nitrogen and oxygen atoms in total. The molecule has 0 spiro atoms. The maximum absolute atomic E-state index is 12.1. The Bertz CT molecular complexity index is 1050. The Balaban J connectivity index is 2.17. The van der Waals surface area contributed by atoms with E-state index < -0.39 is 10.0 Å². The maximum Gasteiger partial charge on any atom is 0.238 e. The number of nitrogens with one attached hydrogen (secondary N) is 1. The fourth-order valence-corrected chi connectivity index (χ4v) is 3.46. The van der Waals surface area contributed by atoms with Crippen LogP contribution in [0.15, 0.2) is 41.3 Å². The van der Waals surface area contributed by atoms with Gasteiger partial charge in [-0.15, -0.1) is 10.2 Å². The van der Waals surface area contributed by atoms with Gasteiger partial charge in [0, 0.05) is 0 Å². The highest BCUT2D eigenvalue weighted by Gasteiger charge is 2.22. The zero-order chi connectivity index (χ0) is 19.6. The van der Waals surface area contributed by atoms with E-state index in [0.717, 1.165) is 11.1 Å². The number of aliphatic hydroxyl groups is 1. The first-order chi connectivity index (χ1) is 12.8. The number of aromatic amines is 1. The minimum Gasteiger partial charge on any atom is -0.488 e. The molecule has 1 unspecified atom stereocenters. The first kappa shape index (κ1) is 19.0. The SMILES string of the molecule is Cc1cc(-c2cccc(S(N)(=O)=O)c2-c2nn[nH]n2)ccc1OC(C)CO. The molecule has 3 rings (SSSR count). The van der Waals surface area contributed by atoms with Gasteiger partial charge in [-0.3, -0.25) is 0 Å². The van der Waals surface area contributed by atoms with E-state index in [1.807, 2.05) is 13.0 Å². The van der Waals surface area contributed by atoms with E-state index >= 15 is 0 Å². The predicted molar refractivity (Wildman–Crippen MR) is 98.3 cm³/mol. The van der Waals surface area contributed by atoms with Gasteiger partial charge >= 0.3 is 0 Å². The number of aryl methyl sites for hydroxylation is 1. The molecular formula is C17H19N5O4S. The molecule has 142 valence electrons. The largest absolute Gasteiger partial charge is 0.488 e. The second-order valence-electron chi connectivity index (χ2n) is 6.05. The van der Waals surface area contributed by atoms with Gasteiger partial charge in [-0.05, 0) is 54.0 Å². The number of aromatic nitrogens is 4. The lowest BCUT2D eigenvalue weighted by molar-refractivity contribution is 0.129. The van der Waals surface area contributed by atoms with Crippen molar-refractivity contribution in [2.45, 2.75) is 24.8 Å². The lowest BCUT2D eigenvalue weighted by Crippen LogP contribution is -2.16. The summed E-state index contributed by atoms with van der Waals surface area (Å²) < 4.78 is 29.8. The summed E-state index contributed by atoms with van der Waals surface area (Å²) in [5, 5.41) is 28.2. The molecule has 3 aromatic rings. The first-order valence-corrected chi connectivity index (χ1v) is 9.64. The normalized spacial score (nSPS) is 12.7. The lowest BCUT2D eigenvalue weighted by atomic mass is 9.97. The number of benzene rings is 2. The molecule has 10 heteroatoms. The Hall–Kier alpha value is -2.82. The van der Waals surface area contributed by atoms with Crippen molar-refractivity contribution in [3.8, 4) is 28.3 Å². The molecule has 0 saturated heterocycles. The monoisotopic (exact) mass is 389 g/mol. The van der Waals surface area contributed by atoms with Crippen LogP contribution in [-0.4, -0.2) is 46.9 Å². The summed E-state index contributed by atoms with van der Waals surface area (Å²) in [5.41, 5.74) is 2.42. The third-order valence-corrected chi connectivity index (χ3v) is 4.93. The van der Waals surface area contributed by atoms with E-state index in [4.69, 9.17) is 15.0 Å². The number of nitrogens with zero attached hydrogens (tertiary/aromatic N) is 3. The van der Waals surface area contributed by atoms with Crippen LogP contribution in [0.25, 0.3) is 22.5 Å². The van der Waals surface area contributed by atoms with Crippen LogP contribution in [0.4, 0.5) is 0 Å². The number of hydrogen-bond acceptors (Lipinski definition) is 7. The quantitative estimate of drug-likeness (QED) is 0.575. The molecule has 4 N–H and O–H groups in total. The molecule has 0 saturated carbocycles. The minimum atomic E-state index is -4.00. The lowest BCUT2D eigenvalue weighted by Gasteiger charge is -2.16. The second-order valence-corrected chi connectivity index (χ2v) is 7.58. The van der Waals surface area contributed by atoms with Crippen molar-refractivity contribution in [3.63, 3.8) is 0 Å². The van der Waals surface area contributed by atoms with Gasteiger partial charge < -0.3 is 9.84 Å². The summed E-state index contributed by atoms with van der Waals surface area (Å²) in [6, 6.07) is 10.2. The van der Waals surface area contributed by atoms with Crippen LogP contribution < -0.4 is 9.88 Å². The number of tetrazole rings is 1. The highest BCUT2D eigenvalue weighted by atomic mass is 32.2. The van der Waals surface area contributed by atoms with Gasteiger partial charge in [-0.2, -0.15) is 5.21 Å². The molecule has 0 radical (unpaired) electrons. The molecule has 0 aliphatic heterocycles. The van der Waals surface area contributed by atoms with E-state index in [0.29, 0.717) is 11.3 Å². The highest BCUT2D eigenvalue weighted by Crippen LogP contribution is 2.36. The third-order valence-electron chi connectivity index (χ3n) is 3.97. The summed E-state index contributed by atoms with van der Waals surface area (Å²) in [5.74, 6) is 0.755. The first-order valence-electron chi connectivity index (χ1n) is 8.09. The van der Waals surface area contributed by atoms with Crippen LogP contribution in [0, 0.1) is 6.92 Å². The molecule has 0 amide bonds. The molecular weight excluding hydrogens is 370 g/mol. The Labute approximate surface area is 156 Å². The van der Waals surface area contributed by atoms with Gasteiger partial charge in [0.1, 0.15) is 11.9 Å². The predicted octanol–water partition coefficient (Wildman–Crippen LogP) is 1.25. The molecule has 1 heterocycles. The van der Waals surface area contributed by atoms with Crippen LogP contribution in [0.3, 0.4) is 0 Å². The average molecular weight is 389 g/mol. The standard InChI is InChI=1S/C17H19N5O4S/c1-10-8-12(6-7-14(10)26-11(2)9-23)13-4-3-5-15(27(18,24)25)16(13)17-19-21-22-20-17/h3-8,11,23H,9H2,1-2H3,(H2,18,24,25)(H,19,20,21,22). The molecule has 0 bridgehead atoms. The Kier molecular flexibility index (Phi) is 5.22. The molecule has 0 aliphatic rings. The fraction of sp³-hybridized carbons (Fsp3) is 0.235. The number of sulfonamides is 1. The highest BCUT2D eigenvalue weighted by molar-refractivity contribution is 7.89. The summed E-state index contributed by atoms with van der Waals surface area (Å²) in [7, 11) is -4.00. The Morgan fingerprint density at radius 1 is 1.30 bits per heavy atom. The molecule has 1 atom stereocenters. The average Bonchev–Trinajstić information content (AvgIpc) is 3.16. The van der Waals surface area contributed by atoms with Crippen molar-refractivity contribution in [2.24, 2.45) is 5.14 Å². The third kappa shape index (κ3) is 3.97. The topological polar surface area (TPSA) is 144 Å². The summed E-state index contributed by atoms with van der Waals surface area (Å²) in [6.45, 7) is 3.53. The van der Waals surface area contributed by atoms with Crippen LogP contribution >= 0.6 is 0 Å². The van der Waals surface area contributed by atoms with Crippen molar-refractivity contribution in [1.82, 2.24) is 20.6 Å². The van der Waals surface area contributed by atoms with Gasteiger partial charge in [0.05, 0.1) is 17.1 Å². The van der Waals surface area contributed by atoms with Gasteiger partial charge in [0.2, 0.25) is 15.8 Å². The number of nitrogens with two attached hydrogens (primary N) is 1. The number of ether oxygens (including phenoxy) is 1. The fourth-order valence-electron chi connectivity index (χ4n) is 2.71. The Morgan fingerprint density at radius 2 is 2.07 bits per heavy atom. The zero-order valence-electron chi connectivity index (χ0n) is 14.7. The van der Waals surface area contributed by atoms with E-state index in [-0.39, 0.29) is 29.0 Å². The van der Waals surface area contributed by atoms with Crippen LogP contribution in [0.2, 0.25) is 0 Å². The summed E-state index contributed by atoms with van der Waals surface area (Å²) in [6.07, 6.45) is -0.338. The molecule has 2 aromatic carbocycles. The van der Waals surface area contributed by atoms with E-state index in [1.165, 1.54) is 6.07 Å². The van der Waals surface area contributed by atoms with Gasteiger partial charge in [0.25, 0.3) is 0 Å². The number of H-pyrrole nitrogens is 1. The van der Waals surface area contributed by atoms with E-state index in [2.05, 4.69) is 20.6 Å². The second kappa shape index (κ2) is 7.43. The smallest absolute Gasteiger partial charge is 0.238 e. The molecule has 27 heavy (non-hydrogen) atoms. The Morgan fingerprint density at radius 3 is 2.67 bits per heavy atom. The van der Waals surface area contributed by atoms with E-state index in [1.54, 1.807) is 31.2 Å². The van der Waals surface area contributed by atoms with Gasteiger partial charge in [-0.1, -0.05) is 18.2 Å². The van der Waals surface area contributed by atoms with Crippen LogP contribution in [0.1, 0.15) is 12.5 Å². The van der Waals surface area contributed by atoms with Crippen molar-refractivity contribution in [1.29, 1.82) is 0 Å². The van der Waals surface area contributed by atoms with Crippen LogP contribution in [-0.2, 0) is 10.0 Å². The van der Waals surface area contributed by atoms with Crippen molar-refractivity contribution in [2.75, 3.05) is 6.61 Å². The van der Waals surface area contributed by atoms with Gasteiger partial charge in [0.15, 0.2) is 0 Å². The molecule has 0 aliphatic carbocycles. The zero-order valence-corrected chi connectivity index (χ0v) is 15.6. The van der Waals surface area contributed by atoms with Gasteiger partial charge in [-0.25, -0.2) is 13.6 Å². The van der Waals surface area contributed by atoms with Crippen molar-refractivity contribution >= 4 is 10.0 Å². The minimum absolute atomic E-state index is 0.0896. The maximum atomic E-state index is 12.1. The number of hydrogen-bond donors (Lipinski definition) is 3. The molecule has 1 aromatic heterocycles. The summed E-state index contributed by atoms with van der Waals surface area (Å²) in [4.78, 5) is -0.0896. The number of rotatable bonds is 6. The number of primary sulfonamides is 1. The summed E-state index contributed by atoms with van der Waals surface area (Å²) >= 11 is 0. The van der Waals surface area contributed by atoms with Crippen molar-refractivity contribution < 1.29 is 18.3 Å². The number of aliphatic hydroxyl groups excluding tert-OH is 1. The van der Waals surface area contributed by atoms with E-state index in [9.17, 15) is 8.42 Å².